The van der Waals surface area contributed by atoms with Gasteiger partial charge in [-0.25, -0.2) is 0 Å². The van der Waals surface area contributed by atoms with E-state index in [4.69, 9.17) is 0 Å². The second kappa shape index (κ2) is 13.3. The van der Waals surface area contributed by atoms with Crippen molar-refractivity contribution in [3.05, 3.63) is 35.4 Å². The summed E-state index contributed by atoms with van der Waals surface area (Å²) in [5, 5.41) is 0. The third-order valence-electron chi connectivity index (χ3n) is 5.72. The van der Waals surface area contributed by atoms with E-state index in [2.05, 4.69) is 78.6 Å². The molecule has 0 spiro atoms. The van der Waals surface area contributed by atoms with Crippen LogP contribution in [0.4, 0.5) is 0 Å². The van der Waals surface area contributed by atoms with Crippen LogP contribution in [0.2, 0.25) is 0 Å². The lowest BCUT2D eigenvalue weighted by molar-refractivity contribution is 0.316. The molecule has 1 fully saturated rings. The minimum atomic E-state index is 0.0840. The van der Waals surface area contributed by atoms with Gasteiger partial charge in [0.2, 0.25) is 0 Å². The molecule has 0 aliphatic carbocycles. The summed E-state index contributed by atoms with van der Waals surface area (Å²) < 4.78 is 8.04. The van der Waals surface area contributed by atoms with Gasteiger partial charge >= 0.3 is 0 Å². The zero-order valence-electron chi connectivity index (χ0n) is 19.8. The van der Waals surface area contributed by atoms with Crippen LogP contribution in [0.1, 0.15) is 76.6 Å². The van der Waals surface area contributed by atoms with Crippen molar-refractivity contribution in [2.24, 2.45) is 5.92 Å². The van der Waals surface area contributed by atoms with Gasteiger partial charge < -0.3 is 0 Å². The highest BCUT2D eigenvalue weighted by atomic mass is 32.2. The van der Waals surface area contributed by atoms with Crippen molar-refractivity contribution in [1.29, 1.82) is 0 Å². The van der Waals surface area contributed by atoms with Crippen molar-refractivity contribution in [2.45, 2.75) is 72.0 Å². The first-order valence-electron chi connectivity index (χ1n) is 11.7. The molecular formula is C24H45N3PS+. The van der Waals surface area contributed by atoms with Crippen LogP contribution >= 0.6 is 8.58 Å². The van der Waals surface area contributed by atoms with Crippen LogP contribution in [0.25, 0.3) is 0 Å². The Balaban J connectivity index is 2.09. The van der Waals surface area contributed by atoms with E-state index in [1.54, 1.807) is 0 Å². The fourth-order valence-corrected chi connectivity index (χ4v) is 8.03. The summed E-state index contributed by atoms with van der Waals surface area (Å²) in [6, 6.07) is 9.56. The lowest BCUT2D eigenvalue weighted by Crippen LogP contribution is -2.53. The first-order valence-corrected chi connectivity index (χ1v) is 14.4. The smallest absolute Gasteiger partial charge is 0.118 e. The zero-order chi connectivity index (χ0) is 21.2. The minimum absolute atomic E-state index is 0.0840. The highest BCUT2D eigenvalue weighted by Crippen LogP contribution is 2.37. The molecule has 1 aromatic carbocycles. The van der Waals surface area contributed by atoms with Crippen molar-refractivity contribution < 1.29 is 0 Å². The average molecular weight is 439 g/mol. The molecule has 3 atom stereocenters. The van der Waals surface area contributed by atoms with E-state index >= 15 is 0 Å². The van der Waals surface area contributed by atoms with Crippen LogP contribution in [-0.4, -0.2) is 52.8 Å². The van der Waals surface area contributed by atoms with E-state index in [0.29, 0.717) is 0 Å². The predicted octanol–water partition coefficient (Wildman–Crippen LogP) is 6.10. The molecule has 29 heavy (non-hydrogen) atoms. The monoisotopic (exact) mass is 438 g/mol. The van der Waals surface area contributed by atoms with Crippen LogP contribution in [0.5, 0.6) is 0 Å². The molecule has 3 unspecified atom stereocenters. The van der Waals surface area contributed by atoms with Gasteiger partial charge in [0.25, 0.3) is 11.5 Å². The summed E-state index contributed by atoms with van der Waals surface area (Å²) in [5.74, 6) is 0.767. The molecule has 1 heterocycles. The Hall–Kier alpha value is -0.120. The minimum Gasteiger partial charge on any atom is -0.118 e. The number of hydrogen-bond acceptors (Lipinski definition) is 3. The number of piperidine rings is 1. The molecule has 1 saturated heterocycles. The lowest BCUT2D eigenvalue weighted by Gasteiger charge is -2.33. The summed E-state index contributed by atoms with van der Waals surface area (Å²) in [7, 11) is 3.32. The highest BCUT2D eigenvalue weighted by molar-refractivity contribution is 7.90. The van der Waals surface area contributed by atoms with Gasteiger partial charge in [-0.05, 0) is 56.3 Å². The molecule has 166 valence electrons. The zero-order valence-corrected chi connectivity index (χ0v) is 21.6. The summed E-state index contributed by atoms with van der Waals surface area (Å²) in [6.07, 6.45) is 6.63. The molecule has 0 radical (unpaired) electrons. The maximum Gasteiger partial charge on any atom is 0.268 e. The Morgan fingerprint density at radius 3 is 2.24 bits per heavy atom. The standard InChI is InChI=1S/C24H45N3PS/c1-7-16-26(8-2)29(27-17-10-9-11-18-27)25(5)20-22-12-14-23(15-13-22)24(28-6)19-21(3)4/h12-15,21,24,28H,7-11,16-20H2,1-6H3/q+1. The van der Waals surface area contributed by atoms with E-state index < -0.39 is 0 Å². The molecule has 1 aliphatic rings. The number of nitrogens with zero attached hydrogens (tertiary/aromatic N) is 3. The quantitative estimate of drug-likeness (QED) is 0.289. The number of benzene rings is 1. The molecule has 1 aliphatic heterocycles. The van der Waals surface area contributed by atoms with Gasteiger partial charge in [-0.15, -0.1) is 8.58 Å². The maximum absolute atomic E-state index is 2.74. The molecule has 0 amide bonds. The van der Waals surface area contributed by atoms with Crippen molar-refractivity contribution in [3.63, 3.8) is 0 Å². The molecule has 5 heteroatoms. The first-order chi connectivity index (χ1) is 14.0. The Morgan fingerprint density at radius 2 is 1.72 bits per heavy atom. The van der Waals surface area contributed by atoms with Crippen LogP contribution in [0.3, 0.4) is 0 Å². The lowest BCUT2D eigenvalue weighted by atomic mass is 10.0. The summed E-state index contributed by atoms with van der Waals surface area (Å²) in [4.78, 5) is 0. The fourth-order valence-electron chi connectivity index (χ4n) is 4.25. The topological polar surface area (TPSA) is 9.72 Å². The van der Waals surface area contributed by atoms with Crippen molar-refractivity contribution >= 4 is 20.0 Å². The first kappa shape index (κ1) is 25.1. The molecule has 2 rings (SSSR count). The largest absolute Gasteiger partial charge is 0.268 e. The van der Waals surface area contributed by atoms with Gasteiger partial charge in [0.15, 0.2) is 0 Å². The maximum atomic E-state index is 2.74. The SMILES string of the molecule is CCCN(CC)[S+](N(C)Cc1ccc(C(CC(C)C)PC)cc1)N1CCCCC1. The Labute approximate surface area is 186 Å². The highest BCUT2D eigenvalue weighted by Gasteiger charge is 2.41. The molecule has 0 aromatic heterocycles. The third kappa shape index (κ3) is 7.82. The van der Waals surface area contributed by atoms with Crippen LogP contribution < -0.4 is 0 Å². The Bertz CT molecular complexity index is 555. The average Bonchev–Trinajstić information content (AvgIpc) is 2.73. The van der Waals surface area contributed by atoms with E-state index in [1.807, 2.05) is 0 Å². The molecular weight excluding hydrogens is 393 g/mol. The third-order valence-corrected chi connectivity index (χ3v) is 9.41. The summed E-state index contributed by atoms with van der Waals surface area (Å²) in [5.41, 5.74) is 3.70. The molecule has 0 bridgehead atoms. The number of hydrogen-bond donors (Lipinski definition) is 0. The van der Waals surface area contributed by atoms with Crippen molar-refractivity contribution in [2.75, 3.05) is 39.9 Å². The van der Waals surface area contributed by atoms with Crippen molar-refractivity contribution in [3.8, 4) is 0 Å². The van der Waals surface area contributed by atoms with Gasteiger partial charge in [0.05, 0.1) is 6.54 Å². The molecule has 3 nitrogen and oxygen atoms in total. The normalized spacial score (nSPS) is 18.4. The van der Waals surface area contributed by atoms with Gasteiger partial charge in [0, 0.05) is 38.9 Å². The van der Waals surface area contributed by atoms with E-state index in [1.165, 1.54) is 62.9 Å². The predicted molar refractivity (Wildman–Crippen MR) is 135 cm³/mol. The van der Waals surface area contributed by atoms with E-state index in [0.717, 1.165) is 33.2 Å². The molecule has 0 N–H and O–H groups in total. The van der Waals surface area contributed by atoms with Gasteiger partial charge in [-0.1, -0.05) is 64.4 Å². The van der Waals surface area contributed by atoms with Gasteiger partial charge in [-0.2, -0.15) is 0 Å². The van der Waals surface area contributed by atoms with Gasteiger partial charge in [0.1, 0.15) is 0 Å². The van der Waals surface area contributed by atoms with Crippen LogP contribution in [-0.2, 0) is 18.0 Å². The van der Waals surface area contributed by atoms with Crippen LogP contribution in [0.15, 0.2) is 24.3 Å². The molecule has 1 aromatic rings. The van der Waals surface area contributed by atoms with Crippen molar-refractivity contribution in [1.82, 2.24) is 12.9 Å². The second-order valence-electron chi connectivity index (χ2n) is 8.75. The molecule has 0 saturated carbocycles. The van der Waals surface area contributed by atoms with Gasteiger partial charge in [-0.3, -0.25) is 0 Å². The Kier molecular flexibility index (Phi) is 11.6. The number of rotatable bonds is 12. The van der Waals surface area contributed by atoms with E-state index in [9.17, 15) is 0 Å². The second-order valence-corrected chi connectivity index (χ2v) is 12.2. The summed E-state index contributed by atoms with van der Waals surface area (Å²) in [6.45, 7) is 17.5. The fraction of sp³-hybridized carbons (Fsp3) is 0.750. The Morgan fingerprint density at radius 1 is 1.07 bits per heavy atom. The van der Waals surface area contributed by atoms with Crippen LogP contribution in [0, 0.1) is 5.92 Å². The summed E-state index contributed by atoms with van der Waals surface area (Å²) >= 11 is 0.0840. The van der Waals surface area contributed by atoms with E-state index in [-0.39, 0.29) is 11.5 Å².